The summed E-state index contributed by atoms with van der Waals surface area (Å²) < 4.78 is 28.7. The van der Waals surface area contributed by atoms with Crippen molar-refractivity contribution < 1.29 is 28.2 Å². The van der Waals surface area contributed by atoms with Gasteiger partial charge in [0.25, 0.3) is 5.91 Å². The van der Waals surface area contributed by atoms with Crippen molar-refractivity contribution in [2.24, 2.45) is 0 Å². The fourth-order valence-corrected chi connectivity index (χ4v) is 2.59. The van der Waals surface area contributed by atoms with E-state index in [9.17, 15) is 14.0 Å². The molecule has 0 saturated heterocycles. The van der Waals surface area contributed by atoms with E-state index < -0.39 is 24.3 Å². The average Bonchev–Trinajstić information content (AvgIpc) is 3.13. The Balaban J connectivity index is 1.47. The van der Waals surface area contributed by atoms with Crippen molar-refractivity contribution >= 4 is 29.6 Å². The standard InChI is InChI=1S/C19H15ClFNO5/c20-14-7-12(8-16-19(14)27-11-26-16)5-6-18(24)25-10-17(23)22-9-13-3-1-2-4-15(13)21/h1-8H,9-11H2,(H,22,23)/b6-5+. The molecule has 8 heteroatoms. The summed E-state index contributed by atoms with van der Waals surface area (Å²) in [6.07, 6.45) is 2.64. The number of nitrogens with one attached hydrogen (secondary N) is 1. The van der Waals surface area contributed by atoms with Crippen LogP contribution >= 0.6 is 11.6 Å². The molecule has 2 aromatic carbocycles. The highest BCUT2D eigenvalue weighted by atomic mass is 35.5. The van der Waals surface area contributed by atoms with Crippen LogP contribution in [-0.4, -0.2) is 25.3 Å². The second-order valence-corrected chi connectivity index (χ2v) is 5.95. The number of benzene rings is 2. The molecule has 0 radical (unpaired) electrons. The Bertz CT molecular complexity index is 900. The Morgan fingerprint density at radius 1 is 1.26 bits per heavy atom. The molecule has 0 aromatic heterocycles. The van der Waals surface area contributed by atoms with Gasteiger partial charge in [0.2, 0.25) is 6.79 Å². The zero-order valence-corrected chi connectivity index (χ0v) is 14.8. The molecule has 0 unspecified atom stereocenters. The smallest absolute Gasteiger partial charge is 0.331 e. The molecule has 27 heavy (non-hydrogen) atoms. The second-order valence-electron chi connectivity index (χ2n) is 5.55. The van der Waals surface area contributed by atoms with Gasteiger partial charge in [0.15, 0.2) is 18.1 Å². The van der Waals surface area contributed by atoms with Gasteiger partial charge in [0, 0.05) is 18.2 Å². The molecule has 3 rings (SSSR count). The van der Waals surface area contributed by atoms with E-state index in [1.54, 1.807) is 30.3 Å². The largest absolute Gasteiger partial charge is 0.454 e. The number of hydrogen-bond donors (Lipinski definition) is 1. The van der Waals surface area contributed by atoms with E-state index >= 15 is 0 Å². The molecule has 2 aromatic rings. The Labute approximate surface area is 159 Å². The monoisotopic (exact) mass is 391 g/mol. The first-order valence-corrected chi connectivity index (χ1v) is 8.35. The number of carbonyl (C=O) groups is 2. The van der Waals surface area contributed by atoms with Gasteiger partial charge in [0.1, 0.15) is 5.82 Å². The third-order valence-corrected chi connectivity index (χ3v) is 3.92. The summed E-state index contributed by atoms with van der Waals surface area (Å²) in [6.45, 7) is -0.375. The number of ether oxygens (including phenoxy) is 3. The highest BCUT2D eigenvalue weighted by Gasteiger charge is 2.17. The van der Waals surface area contributed by atoms with Gasteiger partial charge in [-0.3, -0.25) is 4.79 Å². The molecule has 6 nitrogen and oxygen atoms in total. The molecular formula is C19H15ClFNO5. The fourth-order valence-electron chi connectivity index (χ4n) is 2.32. The molecule has 1 heterocycles. The maximum absolute atomic E-state index is 13.5. The Morgan fingerprint density at radius 2 is 2.07 bits per heavy atom. The minimum absolute atomic E-state index is 0.00852. The molecule has 0 spiro atoms. The van der Waals surface area contributed by atoms with E-state index in [1.165, 1.54) is 12.1 Å². The first-order chi connectivity index (χ1) is 13.0. The fraction of sp³-hybridized carbons (Fsp3) is 0.158. The summed E-state index contributed by atoms with van der Waals surface area (Å²) in [5.41, 5.74) is 0.960. The van der Waals surface area contributed by atoms with Crippen LogP contribution in [-0.2, 0) is 20.9 Å². The van der Waals surface area contributed by atoms with Gasteiger partial charge in [-0.2, -0.15) is 0 Å². The predicted molar refractivity (Wildman–Crippen MR) is 95.8 cm³/mol. The molecular weight excluding hydrogens is 377 g/mol. The molecule has 1 N–H and O–H groups in total. The number of carbonyl (C=O) groups excluding carboxylic acids is 2. The second kappa shape index (κ2) is 8.55. The van der Waals surface area contributed by atoms with Crippen LogP contribution in [0.2, 0.25) is 5.02 Å². The molecule has 1 amide bonds. The molecule has 140 valence electrons. The lowest BCUT2D eigenvalue weighted by molar-refractivity contribution is -0.143. The summed E-state index contributed by atoms with van der Waals surface area (Å²) in [4.78, 5) is 23.4. The highest BCUT2D eigenvalue weighted by Crippen LogP contribution is 2.40. The first kappa shape index (κ1) is 18.7. The van der Waals surface area contributed by atoms with E-state index in [-0.39, 0.29) is 13.3 Å². The van der Waals surface area contributed by atoms with E-state index in [4.69, 9.17) is 25.8 Å². The van der Waals surface area contributed by atoms with Crippen molar-refractivity contribution in [2.45, 2.75) is 6.54 Å². The zero-order chi connectivity index (χ0) is 19.2. The number of halogens is 2. The third-order valence-electron chi connectivity index (χ3n) is 3.64. The summed E-state index contributed by atoms with van der Waals surface area (Å²) in [7, 11) is 0. The highest BCUT2D eigenvalue weighted by molar-refractivity contribution is 6.32. The number of hydrogen-bond acceptors (Lipinski definition) is 5. The summed E-state index contributed by atoms with van der Waals surface area (Å²) in [5.74, 6) is -0.706. The number of rotatable bonds is 6. The molecule has 0 atom stereocenters. The number of fused-ring (bicyclic) bond motifs is 1. The third kappa shape index (κ3) is 4.98. The van der Waals surface area contributed by atoms with Crippen molar-refractivity contribution in [2.75, 3.05) is 13.4 Å². The minimum Gasteiger partial charge on any atom is -0.454 e. The van der Waals surface area contributed by atoms with E-state index in [1.807, 2.05) is 0 Å². The molecule has 1 aliphatic heterocycles. The Hall–Kier alpha value is -3.06. The Kier molecular flexibility index (Phi) is 5.93. The molecule has 0 aliphatic carbocycles. The zero-order valence-electron chi connectivity index (χ0n) is 14.0. The van der Waals surface area contributed by atoms with Crippen LogP contribution in [0.25, 0.3) is 6.08 Å². The van der Waals surface area contributed by atoms with Gasteiger partial charge in [-0.05, 0) is 29.8 Å². The van der Waals surface area contributed by atoms with Crippen molar-refractivity contribution in [1.82, 2.24) is 5.32 Å². The molecule has 0 fully saturated rings. The van der Waals surface area contributed by atoms with Gasteiger partial charge in [-0.25, -0.2) is 9.18 Å². The van der Waals surface area contributed by atoms with E-state index in [2.05, 4.69) is 5.32 Å². The lowest BCUT2D eigenvalue weighted by Crippen LogP contribution is -2.28. The Morgan fingerprint density at radius 3 is 2.89 bits per heavy atom. The van der Waals surface area contributed by atoms with Crippen LogP contribution in [0.5, 0.6) is 11.5 Å². The van der Waals surface area contributed by atoms with E-state index in [0.29, 0.717) is 27.6 Å². The summed E-state index contributed by atoms with van der Waals surface area (Å²) >= 11 is 6.05. The SMILES string of the molecule is O=C(COC(=O)/C=C/c1cc(Cl)c2c(c1)OCO2)NCc1ccccc1F. The lowest BCUT2D eigenvalue weighted by Gasteiger charge is -2.06. The topological polar surface area (TPSA) is 73.9 Å². The van der Waals surface area contributed by atoms with Crippen LogP contribution in [0.1, 0.15) is 11.1 Å². The first-order valence-electron chi connectivity index (χ1n) is 7.97. The number of amides is 1. The maximum atomic E-state index is 13.5. The minimum atomic E-state index is -0.704. The van der Waals surface area contributed by atoms with Gasteiger partial charge < -0.3 is 19.5 Å². The molecule has 0 saturated carbocycles. The van der Waals surface area contributed by atoms with Crippen LogP contribution in [0.4, 0.5) is 4.39 Å². The van der Waals surface area contributed by atoms with Crippen molar-refractivity contribution in [3.05, 3.63) is 64.4 Å². The van der Waals surface area contributed by atoms with Crippen molar-refractivity contribution in [3.8, 4) is 11.5 Å². The summed E-state index contributed by atoms with van der Waals surface area (Å²) in [6, 6.07) is 9.36. The maximum Gasteiger partial charge on any atom is 0.331 e. The van der Waals surface area contributed by atoms with Gasteiger partial charge in [-0.15, -0.1) is 0 Å². The van der Waals surface area contributed by atoms with Gasteiger partial charge in [0.05, 0.1) is 5.02 Å². The van der Waals surface area contributed by atoms with Crippen molar-refractivity contribution in [1.29, 1.82) is 0 Å². The van der Waals surface area contributed by atoms with Crippen LogP contribution in [0, 0.1) is 5.82 Å². The normalized spacial score (nSPS) is 12.2. The van der Waals surface area contributed by atoms with Crippen LogP contribution in [0.15, 0.2) is 42.5 Å². The molecule has 0 bridgehead atoms. The van der Waals surface area contributed by atoms with Gasteiger partial charge >= 0.3 is 5.97 Å². The van der Waals surface area contributed by atoms with Gasteiger partial charge in [-0.1, -0.05) is 29.8 Å². The number of esters is 1. The van der Waals surface area contributed by atoms with Crippen molar-refractivity contribution in [3.63, 3.8) is 0 Å². The van der Waals surface area contributed by atoms with E-state index in [0.717, 1.165) is 6.08 Å². The average molecular weight is 392 g/mol. The predicted octanol–water partition coefficient (Wildman–Crippen LogP) is 3.08. The lowest BCUT2D eigenvalue weighted by atomic mass is 10.2. The quantitative estimate of drug-likeness (QED) is 0.605. The van der Waals surface area contributed by atoms with Crippen LogP contribution < -0.4 is 14.8 Å². The summed E-state index contributed by atoms with van der Waals surface area (Å²) in [5, 5.41) is 2.84. The van der Waals surface area contributed by atoms with Crippen LogP contribution in [0.3, 0.4) is 0 Å². The molecule has 1 aliphatic rings.